The number of carboxylic acids is 1. The summed E-state index contributed by atoms with van der Waals surface area (Å²) in [6.07, 6.45) is 0. The van der Waals surface area contributed by atoms with Gasteiger partial charge < -0.3 is 24.9 Å². The summed E-state index contributed by atoms with van der Waals surface area (Å²) in [5, 5.41) is 14.8. The van der Waals surface area contributed by atoms with Crippen LogP contribution in [0, 0.1) is 6.92 Å². The van der Waals surface area contributed by atoms with Crippen LogP contribution in [0.2, 0.25) is 0 Å². The lowest BCUT2D eigenvalue weighted by molar-refractivity contribution is -0.114. The van der Waals surface area contributed by atoms with E-state index in [4.69, 9.17) is 14.3 Å². The zero-order valence-electron chi connectivity index (χ0n) is 13.1. The molecule has 0 aliphatic carbocycles. The van der Waals surface area contributed by atoms with Gasteiger partial charge in [-0.2, -0.15) is 0 Å². The van der Waals surface area contributed by atoms with Gasteiger partial charge in [0.15, 0.2) is 0 Å². The Kier molecular flexibility index (Phi) is 4.90. The van der Waals surface area contributed by atoms with Crippen molar-refractivity contribution in [2.45, 2.75) is 20.4 Å². The van der Waals surface area contributed by atoms with Gasteiger partial charge in [-0.05, 0) is 25.1 Å². The van der Waals surface area contributed by atoms with E-state index >= 15 is 0 Å². The third kappa shape index (κ3) is 4.03. The Morgan fingerprint density at radius 3 is 2.61 bits per heavy atom. The molecule has 0 saturated carbocycles. The summed E-state index contributed by atoms with van der Waals surface area (Å²) in [4.78, 5) is 22.1. The highest BCUT2D eigenvalue weighted by molar-refractivity contribution is 5.91. The topological polar surface area (TPSA) is 101 Å². The maximum Gasteiger partial charge on any atom is 0.339 e. The quantitative estimate of drug-likeness (QED) is 0.757. The third-order valence-electron chi connectivity index (χ3n) is 3.18. The van der Waals surface area contributed by atoms with Crippen LogP contribution in [-0.4, -0.2) is 24.1 Å². The standard InChI is InChI=1S/C16H18N2O5/c1-9-13(16(20)21)7-12(23-9)8-17-11-4-5-14(18-10(2)19)15(6-11)22-3/h4-7,17H,8H2,1-3H3,(H,18,19)(H,20,21). The number of furan rings is 1. The smallest absolute Gasteiger partial charge is 0.339 e. The van der Waals surface area contributed by atoms with Crippen molar-refractivity contribution in [3.8, 4) is 5.75 Å². The van der Waals surface area contributed by atoms with E-state index < -0.39 is 5.97 Å². The molecule has 7 nitrogen and oxygen atoms in total. The molecule has 0 spiro atoms. The van der Waals surface area contributed by atoms with Gasteiger partial charge in [-0.15, -0.1) is 0 Å². The molecule has 1 aromatic carbocycles. The summed E-state index contributed by atoms with van der Waals surface area (Å²) in [5.41, 5.74) is 1.48. The number of benzene rings is 1. The minimum atomic E-state index is -1.01. The average Bonchev–Trinajstić information content (AvgIpc) is 2.87. The number of carbonyl (C=O) groups excluding carboxylic acids is 1. The molecule has 0 aliphatic rings. The molecule has 122 valence electrons. The largest absolute Gasteiger partial charge is 0.494 e. The molecule has 0 aliphatic heterocycles. The van der Waals surface area contributed by atoms with Gasteiger partial charge in [0.1, 0.15) is 22.8 Å². The Morgan fingerprint density at radius 1 is 1.30 bits per heavy atom. The number of nitrogens with one attached hydrogen (secondary N) is 2. The second-order valence-electron chi connectivity index (χ2n) is 4.94. The lowest BCUT2D eigenvalue weighted by Crippen LogP contribution is -2.07. The van der Waals surface area contributed by atoms with E-state index in [0.717, 1.165) is 5.69 Å². The van der Waals surface area contributed by atoms with Crippen LogP contribution in [-0.2, 0) is 11.3 Å². The summed E-state index contributed by atoms with van der Waals surface area (Å²) in [6.45, 7) is 3.36. The fourth-order valence-electron chi connectivity index (χ4n) is 2.13. The number of hydrogen-bond donors (Lipinski definition) is 3. The van der Waals surface area contributed by atoms with E-state index in [1.807, 2.05) is 0 Å². The molecule has 1 aromatic heterocycles. The predicted molar refractivity (Wildman–Crippen MR) is 85.0 cm³/mol. The number of carboxylic acid groups (broad SMARTS) is 1. The fraction of sp³-hybridized carbons (Fsp3) is 0.250. The first-order valence-corrected chi connectivity index (χ1v) is 6.92. The highest BCUT2D eigenvalue weighted by atomic mass is 16.5. The number of anilines is 2. The number of hydrogen-bond acceptors (Lipinski definition) is 5. The number of aromatic carboxylic acids is 1. The van der Waals surface area contributed by atoms with Crippen LogP contribution in [0.25, 0.3) is 0 Å². The predicted octanol–water partition coefficient (Wildman–Crippen LogP) is 2.87. The molecule has 0 atom stereocenters. The van der Waals surface area contributed by atoms with Crippen molar-refractivity contribution in [1.82, 2.24) is 0 Å². The van der Waals surface area contributed by atoms with Crippen molar-refractivity contribution in [3.63, 3.8) is 0 Å². The molecule has 7 heteroatoms. The molecule has 23 heavy (non-hydrogen) atoms. The maximum absolute atomic E-state index is 11.1. The monoisotopic (exact) mass is 318 g/mol. The number of aryl methyl sites for hydroxylation is 1. The molecule has 2 rings (SSSR count). The first kappa shape index (κ1) is 16.4. The lowest BCUT2D eigenvalue weighted by Gasteiger charge is -2.11. The Morgan fingerprint density at radius 2 is 2.04 bits per heavy atom. The molecule has 1 amide bonds. The van der Waals surface area contributed by atoms with Gasteiger partial charge in [0.05, 0.1) is 19.3 Å². The van der Waals surface area contributed by atoms with Gasteiger partial charge >= 0.3 is 5.97 Å². The van der Waals surface area contributed by atoms with Crippen LogP contribution >= 0.6 is 0 Å². The minimum Gasteiger partial charge on any atom is -0.494 e. The zero-order chi connectivity index (χ0) is 17.0. The van der Waals surface area contributed by atoms with Crippen molar-refractivity contribution in [2.24, 2.45) is 0 Å². The number of ether oxygens (including phenoxy) is 1. The highest BCUT2D eigenvalue weighted by Crippen LogP contribution is 2.28. The lowest BCUT2D eigenvalue weighted by atomic mass is 10.2. The Balaban J connectivity index is 2.10. The van der Waals surface area contributed by atoms with Crippen molar-refractivity contribution < 1.29 is 23.8 Å². The van der Waals surface area contributed by atoms with Crippen molar-refractivity contribution in [2.75, 3.05) is 17.7 Å². The van der Waals surface area contributed by atoms with E-state index in [-0.39, 0.29) is 11.5 Å². The van der Waals surface area contributed by atoms with E-state index in [0.29, 0.717) is 29.5 Å². The Labute approximate surface area is 133 Å². The SMILES string of the molecule is COc1cc(NCc2cc(C(=O)O)c(C)o2)ccc1NC(C)=O. The third-order valence-corrected chi connectivity index (χ3v) is 3.18. The Bertz CT molecular complexity index is 736. The summed E-state index contributed by atoms with van der Waals surface area (Å²) in [5.74, 6) is 0.208. The summed E-state index contributed by atoms with van der Waals surface area (Å²) < 4.78 is 10.6. The first-order chi connectivity index (χ1) is 10.9. The molecule has 0 bridgehead atoms. The molecule has 3 N–H and O–H groups in total. The number of methoxy groups -OCH3 is 1. The first-order valence-electron chi connectivity index (χ1n) is 6.92. The van der Waals surface area contributed by atoms with Gasteiger partial charge in [-0.25, -0.2) is 4.79 Å². The number of rotatable bonds is 6. The van der Waals surface area contributed by atoms with Gasteiger partial charge in [-0.3, -0.25) is 4.79 Å². The van der Waals surface area contributed by atoms with Gasteiger partial charge in [0, 0.05) is 18.7 Å². The summed E-state index contributed by atoms with van der Waals surface area (Å²) >= 11 is 0. The molecular weight excluding hydrogens is 300 g/mol. The molecule has 2 aromatic rings. The zero-order valence-corrected chi connectivity index (χ0v) is 13.1. The van der Waals surface area contributed by atoms with Crippen molar-refractivity contribution >= 4 is 23.3 Å². The Hall–Kier alpha value is -2.96. The highest BCUT2D eigenvalue weighted by Gasteiger charge is 2.13. The normalized spacial score (nSPS) is 10.2. The van der Waals surface area contributed by atoms with Crippen LogP contribution in [0.15, 0.2) is 28.7 Å². The van der Waals surface area contributed by atoms with Gasteiger partial charge in [-0.1, -0.05) is 0 Å². The molecule has 0 saturated heterocycles. The molecule has 0 radical (unpaired) electrons. The average molecular weight is 318 g/mol. The van der Waals surface area contributed by atoms with Crippen LogP contribution in [0.4, 0.5) is 11.4 Å². The van der Waals surface area contributed by atoms with Gasteiger partial charge in [0.25, 0.3) is 0 Å². The maximum atomic E-state index is 11.1. The van der Waals surface area contributed by atoms with Crippen LogP contribution in [0.3, 0.4) is 0 Å². The van der Waals surface area contributed by atoms with Crippen LogP contribution in [0.5, 0.6) is 5.75 Å². The fourth-order valence-corrected chi connectivity index (χ4v) is 2.13. The second kappa shape index (κ2) is 6.87. The molecule has 0 fully saturated rings. The molecule has 1 heterocycles. The summed E-state index contributed by atoms with van der Waals surface area (Å²) in [7, 11) is 1.51. The van der Waals surface area contributed by atoms with E-state index in [9.17, 15) is 9.59 Å². The van der Waals surface area contributed by atoms with Crippen LogP contribution < -0.4 is 15.4 Å². The van der Waals surface area contributed by atoms with E-state index in [1.54, 1.807) is 25.1 Å². The molecule has 0 unspecified atom stereocenters. The minimum absolute atomic E-state index is 0.153. The number of amides is 1. The van der Waals surface area contributed by atoms with Crippen molar-refractivity contribution in [3.05, 3.63) is 41.3 Å². The molecular formula is C16H18N2O5. The van der Waals surface area contributed by atoms with E-state index in [1.165, 1.54) is 20.1 Å². The second-order valence-corrected chi connectivity index (χ2v) is 4.94. The number of carbonyl (C=O) groups is 2. The summed E-state index contributed by atoms with van der Waals surface area (Å²) in [6, 6.07) is 6.73. The van der Waals surface area contributed by atoms with Gasteiger partial charge in [0.2, 0.25) is 5.91 Å². The van der Waals surface area contributed by atoms with Crippen molar-refractivity contribution in [1.29, 1.82) is 0 Å². The van der Waals surface area contributed by atoms with E-state index in [2.05, 4.69) is 10.6 Å². The van der Waals surface area contributed by atoms with Crippen LogP contribution in [0.1, 0.15) is 28.8 Å².